The van der Waals surface area contributed by atoms with Gasteiger partial charge in [-0.2, -0.15) is 0 Å². The summed E-state index contributed by atoms with van der Waals surface area (Å²) in [6.07, 6.45) is 4.16. The first-order chi connectivity index (χ1) is 4.75. The summed E-state index contributed by atoms with van der Waals surface area (Å²) in [4.78, 5) is 4.26. The summed E-state index contributed by atoms with van der Waals surface area (Å²) < 4.78 is 3.34. The fraction of sp³-hybridized carbons (Fsp3) is 0.571. The standard InChI is InChI=1S/C7H11IN2/c1-3-4-7-9-5-6(8)10(7)2/h5H,3-4H2,1-2H3. The van der Waals surface area contributed by atoms with Crippen molar-refractivity contribution < 1.29 is 0 Å². The maximum atomic E-state index is 4.26. The summed E-state index contributed by atoms with van der Waals surface area (Å²) in [5.74, 6) is 1.19. The third kappa shape index (κ3) is 1.51. The van der Waals surface area contributed by atoms with Crippen molar-refractivity contribution in [1.29, 1.82) is 0 Å². The third-order valence-corrected chi connectivity index (χ3v) is 2.50. The monoisotopic (exact) mass is 250 g/mol. The lowest BCUT2D eigenvalue weighted by molar-refractivity contribution is 0.749. The van der Waals surface area contributed by atoms with E-state index < -0.39 is 0 Å². The lowest BCUT2D eigenvalue weighted by atomic mass is 10.3. The lowest BCUT2D eigenvalue weighted by Crippen LogP contribution is -1.98. The molecule has 0 radical (unpaired) electrons. The first-order valence-electron chi connectivity index (χ1n) is 3.41. The van der Waals surface area contributed by atoms with Gasteiger partial charge in [-0.3, -0.25) is 0 Å². The van der Waals surface area contributed by atoms with Gasteiger partial charge in [0, 0.05) is 13.5 Å². The van der Waals surface area contributed by atoms with Gasteiger partial charge in [0.05, 0.1) is 9.90 Å². The molecule has 0 aliphatic heterocycles. The van der Waals surface area contributed by atoms with E-state index >= 15 is 0 Å². The molecule has 0 bridgehead atoms. The number of aryl methyl sites for hydroxylation is 1. The van der Waals surface area contributed by atoms with E-state index in [1.54, 1.807) is 0 Å². The zero-order valence-corrected chi connectivity index (χ0v) is 8.42. The van der Waals surface area contributed by atoms with Crippen molar-refractivity contribution in [3.05, 3.63) is 15.7 Å². The highest BCUT2D eigenvalue weighted by atomic mass is 127. The summed E-state index contributed by atoms with van der Waals surface area (Å²) >= 11 is 2.29. The first kappa shape index (κ1) is 8.04. The fourth-order valence-corrected chi connectivity index (χ4v) is 1.30. The molecule has 0 aliphatic carbocycles. The van der Waals surface area contributed by atoms with Crippen molar-refractivity contribution in [2.75, 3.05) is 0 Å². The molecule has 56 valence electrons. The molecule has 1 aromatic rings. The Morgan fingerprint density at radius 2 is 2.40 bits per heavy atom. The van der Waals surface area contributed by atoms with Gasteiger partial charge in [0.1, 0.15) is 5.82 Å². The van der Waals surface area contributed by atoms with E-state index in [1.807, 2.05) is 6.20 Å². The van der Waals surface area contributed by atoms with E-state index in [9.17, 15) is 0 Å². The molecule has 3 heteroatoms. The molecule has 0 saturated heterocycles. The Bertz CT molecular complexity index is 217. The van der Waals surface area contributed by atoms with Gasteiger partial charge < -0.3 is 4.57 Å². The van der Waals surface area contributed by atoms with Gasteiger partial charge in [-0.05, 0) is 29.0 Å². The van der Waals surface area contributed by atoms with Crippen LogP contribution in [0, 0.1) is 3.70 Å². The van der Waals surface area contributed by atoms with Gasteiger partial charge in [-0.25, -0.2) is 4.98 Å². The van der Waals surface area contributed by atoms with Crippen LogP contribution in [0.3, 0.4) is 0 Å². The minimum atomic E-state index is 1.08. The van der Waals surface area contributed by atoms with Crippen LogP contribution in [0.25, 0.3) is 0 Å². The molecule has 0 spiro atoms. The topological polar surface area (TPSA) is 17.8 Å². The highest BCUT2D eigenvalue weighted by Gasteiger charge is 2.00. The van der Waals surface area contributed by atoms with Crippen LogP contribution in [0.4, 0.5) is 0 Å². The molecular weight excluding hydrogens is 239 g/mol. The van der Waals surface area contributed by atoms with Crippen LogP contribution in [0.2, 0.25) is 0 Å². The zero-order valence-electron chi connectivity index (χ0n) is 6.26. The van der Waals surface area contributed by atoms with Gasteiger partial charge >= 0.3 is 0 Å². The summed E-state index contributed by atoms with van der Waals surface area (Å²) in [5.41, 5.74) is 0. The van der Waals surface area contributed by atoms with E-state index in [0.717, 1.165) is 6.42 Å². The van der Waals surface area contributed by atoms with Gasteiger partial charge in [0.25, 0.3) is 0 Å². The molecule has 0 N–H and O–H groups in total. The number of nitrogens with zero attached hydrogens (tertiary/aromatic N) is 2. The van der Waals surface area contributed by atoms with Crippen LogP contribution in [0.5, 0.6) is 0 Å². The number of aromatic nitrogens is 2. The van der Waals surface area contributed by atoms with E-state index in [4.69, 9.17) is 0 Å². The molecule has 0 aromatic carbocycles. The Labute approximate surface area is 74.8 Å². The predicted octanol–water partition coefficient (Wildman–Crippen LogP) is 1.98. The van der Waals surface area contributed by atoms with Crippen LogP contribution in [-0.2, 0) is 13.5 Å². The maximum Gasteiger partial charge on any atom is 0.109 e. The second kappa shape index (κ2) is 3.37. The molecule has 0 fully saturated rings. The van der Waals surface area contributed by atoms with Gasteiger partial charge in [0.2, 0.25) is 0 Å². The molecule has 0 amide bonds. The minimum Gasteiger partial charge on any atom is -0.327 e. The van der Waals surface area contributed by atoms with Crippen molar-refractivity contribution >= 4 is 22.6 Å². The SMILES string of the molecule is CCCc1ncc(I)n1C. The average molecular weight is 250 g/mol. The third-order valence-electron chi connectivity index (χ3n) is 1.50. The second-order valence-corrected chi connectivity index (χ2v) is 3.41. The van der Waals surface area contributed by atoms with E-state index in [2.05, 4.69) is 46.1 Å². The Morgan fingerprint density at radius 1 is 1.70 bits per heavy atom. The first-order valence-corrected chi connectivity index (χ1v) is 4.49. The van der Waals surface area contributed by atoms with Crippen molar-refractivity contribution in [3.63, 3.8) is 0 Å². The lowest BCUT2D eigenvalue weighted by Gasteiger charge is -1.98. The van der Waals surface area contributed by atoms with Crippen LogP contribution in [-0.4, -0.2) is 9.55 Å². The van der Waals surface area contributed by atoms with Crippen LogP contribution < -0.4 is 0 Å². The highest BCUT2D eigenvalue weighted by molar-refractivity contribution is 14.1. The normalized spacial score (nSPS) is 10.3. The predicted molar refractivity (Wildman–Crippen MR) is 49.9 cm³/mol. The highest BCUT2D eigenvalue weighted by Crippen LogP contribution is 2.06. The second-order valence-electron chi connectivity index (χ2n) is 2.31. The van der Waals surface area contributed by atoms with Crippen molar-refractivity contribution in [2.24, 2.45) is 7.05 Å². The maximum absolute atomic E-state index is 4.26. The molecule has 0 unspecified atom stereocenters. The molecule has 1 rings (SSSR count). The summed E-state index contributed by atoms with van der Waals surface area (Å²) in [7, 11) is 2.06. The molecule has 10 heavy (non-hydrogen) atoms. The molecule has 0 saturated carbocycles. The number of hydrogen-bond acceptors (Lipinski definition) is 1. The molecule has 2 nitrogen and oxygen atoms in total. The Balaban J connectivity index is 2.83. The van der Waals surface area contributed by atoms with E-state index in [-0.39, 0.29) is 0 Å². The molecule has 0 atom stereocenters. The van der Waals surface area contributed by atoms with Crippen molar-refractivity contribution in [3.8, 4) is 0 Å². The van der Waals surface area contributed by atoms with Crippen LogP contribution in [0.15, 0.2) is 6.20 Å². The summed E-state index contributed by atoms with van der Waals surface area (Å²) in [6.45, 7) is 2.17. The number of halogens is 1. The largest absolute Gasteiger partial charge is 0.327 e. The smallest absolute Gasteiger partial charge is 0.109 e. The minimum absolute atomic E-state index is 1.08. The summed E-state index contributed by atoms with van der Waals surface area (Å²) in [6, 6.07) is 0. The van der Waals surface area contributed by atoms with Gasteiger partial charge in [-0.1, -0.05) is 6.92 Å². The number of rotatable bonds is 2. The van der Waals surface area contributed by atoms with Gasteiger partial charge in [0.15, 0.2) is 0 Å². The summed E-state index contributed by atoms with van der Waals surface area (Å²) in [5, 5.41) is 0. The Kier molecular flexibility index (Phi) is 2.71. The molecular formula is C7H11IN2. The molecule has 0 aliphatic rings. The van der Waals surface area contributed by atoms with Crippen molar-refractivity contribution in [2.45, 2.75) is 19.8 Å². The number of imidazole rings is 1. The van der Waals surface area contributed by atoms with Crippen LogP contribution in [0.1, 0.15) is 19.2 Å². The van der Waals surface area contributed by atoms with Crippen LogP contribution >= 0.6 is 22.6 Å². The Hall–Kier alpha value is -0.0600. The zero-order chi connectivity index (χ0) is 7.56. The molecule has 1 aromatic heterocycles. The fourth-order valence-electron chi connectivity index (χ4n) is 0.880. The average Bonchev–Trinajstić information content (AvgIpc) is 2.20. The van der Waals surface area contributed by atoms with E-state index in [1.165, 1.54) is 15.9 Å². The molecule has 1 heterocycles. The number of hydrogen-bond donors (Lipinski definition) is 0. The Morgan fingerprint density at radius 3 is 2.80 bits per heavy atom. The quantitative estimate of drug-likeness (QED) is 0.734. The van der Waals surface area contributed by atoms with E-state index in [0.29, 0.717) is 0 Å². The van der Waals surface area contributed by atoms with Crippen molar-refractivity contribution in [1.82, 2.24) is 9.55 Å². The van der Waals surface area contributed by atoms with Gasteiger partial charge in [-0.15, -0.1) is 0 Å².